The Morgan fingerprint density at radius 2 is 2.04 bits per heavy atom. The summed E-state index contributed by atoms with van der Waals surface area (Å²) in [5, 5.41) is 3.77. The molecule has 1 aromatic heterocycles. The van der Waals surface area contributed by atoms with Crippen LogP contribution in [0.25, 0.3) is 0 Å². The van der Waals surface area contributed by atoms with Gasteiger partial charge in [0.05, 0.1) is 11.7 Å². The summed E-state index contributed by atoms with van der Waals surface area (Å²) >= 11 is 0. The molecule has 2 heterocycles. The Bertz CT molecular complexity index is 829. The van der Waals surface area contributed by atoms with Crippen molar-refractivity contribution in [3.63, 3.8) is 0 Å². The van der Waals surface area contributed by atoms with Gasteiger partial charge in [-0.05, 0) is 55.4 Å². The maximum atomic E-state index is 5.78. The van der Waals surface area contributed by atoms with Crippen molar-refractivity contribution in [2.45, 2.75) is 51.2 Å². The smallest absolute Gasteiger partial charge is 0.0607 e. The number of hydrogen-bond acceptors (Lipinski definition) is 4. The Morgan fingerprint density at radius 3 is 2.89 bits per heavy atom. The van der Waals surface area contributed by atoms with Crippen molar-refractivity contribution >= 4 is 0 Å². The van der Waals surface area contributed by atoms with Crippen LogP contribution in [-0.2, 0) is 19.4 Å². The number of nitrogens with zero attached hydrogens (tertiary/aromatic N) is 2. The van der Waals surface area contributed by atoms with Gasteiger partial charge in [0.15, 0.2) is 0 Å². The van der Waals surface area contributed by atoms with Gasteiger partial charge in [-0.2, -0.15) is 0 Å². The minimum atomic E-state index is 0.394. The van der Waals surface area contributed by atoms with Gasteiger partial charge in [0.1, 0.15) is 0 Å². The Labute approximate surface area is 168 Å². The molecular formula is C24H32N4. The first-order chi connectivity index (χ1) is 13.7. The Balaban J connectivity index is 1.56. The molecule has 0 saturated heterocycles. The van der Waals surface area contributed by atoms with Gasteiger partial charge in [0.25, 0.3) is 0 Å². The van der Waals surface area contributed by atoms with Gasteiger partial charge in [0.2, 0.25) is 0 Å². The van der Waals surface area contributed by atoms with E-state index in [1.807, 2.05) is 6.20 Å². The number of rotatable bonds is 6. The predicted molar refractivity (Wildman–Crippen MR) is 115 cm³/mol. The lowest BCUT2D eigenvalue weighted by atomic mass is 9.89. The fourth-order valence-electron chi connectivity index (χ4n) is 4.76. The molecule has 3 N–H and O–H groups in total. The molecule has 1 aliphatic heterocycles. The first-order valence-electron chi connectivity index (χ1n) is 10.6. The summed E-state index contributed by atoms with van der Waals surface area (Å²) in [5.74, 6) is 0. The van der Waals surface area contributed by atoms with Gasteiger partial charge < -0.3 is 11.1 Å². The number of fused-ring (bicyclic) bond motifs is 2. The molecule has 0 fully saturated rings. The third-order valence-corrected chi connectivity index (χ3v) is 6.15. The van der Waals surface area contributed by atoms with Gasteiger partial charge in [-0.25, -0.2) is 0 Å². The second kappa shape index (κ2) is 8.99. The molecule has 2 atom stereocenters. The van der Waals surface area contributed by atoms with E-state index in [0.717, 1.165) is 32.5 Å². The molecule has 1 aliphatic carbocycles. The normalized spacial score (nSPS) is 22.0. The summed E-state index contributed by atoms with van der Waals surface area (Å²) in [6, 6.07) is 14.0. The van der Waals surface area contributed by atoms with Crippen molar-refractivity contribution in [3.05, 3.63) is 76.6 Å². The monoisotopic (exact) mass is 376 g/mol. The second-order valence-electron chi connectivity index (χ2n) is 8.22. The highest BCUT2D eigenvalue weighted by atomic mass is 15.2. The van der Waals surface area contributed by atoms with E-state index in [4.69, 9.17) is 10.7 Å². The zero-order valence-electron chi connectivity index (χ0n) is 16.9. The summed E-state index contributed by atoms with van der Waals surface area (Å²) in [7, 11) is 0. The van der Waals surface area contributed by atoms with Crippen LogP contribution in [0.5, 0.6) is 0 Å². The van der Waals surface area contributed by atoms with Gasteiger partial charge in [-0.3, -0.25) is 9.88 Å². The Hall–Kier alpha value is -2.01. The van der Waals surface area contributed by atoms with Crippen LogP contribution in [0, 0.1) is 0 Å². The minimum absolute atomic E-state index is 0.394. The lowest BCUT2D eigenvalue weighted by Gasteiger charge is -2.38. The minimum Gasteiger partial charge on any atom is -0.327 e. The molecule has 0 amide bonds. The quantitative estimate of drug-likeness (QED) is 0.759. The topological polar surface area (TPSA) is 54.2 Å². The van der Waals surface area contributed by atoms with E-state index in [-0.39, 0.29) is 0 Å². The van der Waals surface area contributed by atoms with Gasteiger partial charge >= 0.3 is 0 Å². The zero-order chi connectivity index (χ0) is 19.3. The highest BCUT2D eigenvalue weighted by molar-refractivity contribution is 5.30. The van der Waals surface area contributed by atoms with Crippen molar-refractivity contribution in [1.82, 2.24) is 15.2 Å². The largest absolute Gasteiger partial charge is 0.327 e. The summed E-state index contributed by atoms with van der Waals surface area (Å²) in [4.78, 5) is 7.43. The van der Waals surface area contributed by atoms with Crippen molar-refractivity contribution in [2.75, 3.05) is 19.6 Å². The van der Waals surface area contributed by atoms with E-state index in [0.29, 0.717) is 18.6 Å². The summed E-state index contributed by atoms with van der Waals surface area (Å²) in [5.41, 5.74) is 12.8. The average molecular weight is 377 g/mol. The maximum absolute atomic E-state index is 5.78. The molecule has 1 aromatic carbocycles. The molecule has 0 spiro atoms. The fourth-order valence-corrected chi connectivity index (χ4v) is 4.76. The second-order valence-corrected chi connectivity index (χ2v) is 8.22. The molecule has 2 aromatic rings. The van der Waals surface area contributed by atoms with E-state index < -0.39 is 0 Å². The van der Waals surface area contributed by atoms with E-state index >= 15 is 0 Å². The first-order valence-corrected chi connectivity index (χ1v) is 10.6. The molecule has 0 radical (unpaired) electrons. The molecule has 148 valence electrons. The summed E-state index contributed by atoms with van der Waals surface area (Å²) in [6.45, 7) is 5.76. The maximum Gasteiger partial charge on any atom is 0.0607 e. The van der Waals surface area contributed by atoms with E-state index in [2.05, 4.69) is 59.6 Å². The van der Waals surface area contributed by atoms with Crippen LogP contribution in [0.3, 0.4) is 0 Å². The van der Waals surface area contributed by atoms with Gasteiger partial charge in [-0.15, -0.1) is 0 Å². The van der Waals surface area contributed by atoms with Crippen molar-refractivity contribution in [2.24, 2.45) is 5.73 Å². The predicted octanol–water partition coefficient (Wildman–Crippen LogP) is 3.38. The lowest BCUT2D eigenvalue weighted by molar-refractivity contribution is 0.166. The first kappa shape index (κ1) is 19.3. The highest BCUT2D eigenvalue weighted by Gasteiger charge is 2.30. The fraction of sp³-hybridized carbons (Fsp3) is 0.458. The standard InChI is InChI=1S/C24H32N4/c1-18(11-12-25)16-28(23-10-4-8-19-9-5-13-26-24(19)23)17-22-14-20-6-2-3-7-21(20)15-27-22/h2-3,5-7,9,11,13,22-23,27H,4,8,10,12,14-17,25H2,1H3/b18-11-/t22?,23-/m0/s1. The molecule has 2 aliphatic rings. The van der Waals surface area contributed by atoms with E-state index in [1.165, 1.54) is 40.8 Å². The molecule has 4 rings (SSSR count). The summed E-state index contributed by atoms with van der Waals surface area (Å²) in [6.07, 6.45) is 8.77. The number of pyridine rings is 1. The van der Waals surface area contributed by atoms with Crippen LogP contribution in [0.4, 0.5) is 0 Å². The molecule has 28 heavy (non-hydrogen) atoms. The SMILES string of the molecule is C/C(=C/CN)CN(CC1Cc2ccccc2CN1)[C@H]1CCCc2cccnc21. The van der Waals surface area contributed by atoms with Gasteiger partial charge in [0, 0.05) is 38.4 Å². The molecular weight excluding hydrogens is 344 g/mol. The van der Waals surface area contributed by atoms with Gasteiger partial charge in [-0.1, -0.05) is 42.0 Å². The highest BCUT2D eigenvalue weighted by Crippen LogP contribution is 2.33. The lowest BCUT2D eigenvalue weighted by Crippen LogP contribution is -2.46. The van der Waals surface area contributed by atoms with Crippen molar-refractivity contribution in [1.29, 1.82) is 0 Å². The number of aromatic nitrogens is 1. The molecule has 0 saturated carbocycles. The average Bonchev–Trinajstić information content (AvgIpc) is 2.73. The van der Waals surface area contributed by atoms with Crippen molar-refractivity contribution < 1.29 is 0 Å². The Morgan fingerprint density at radius 1 is 1.21 bits per heavy atom. The molecule has 4 heteroatoms. The van der Waals surface area contributed by atoms with Crippen LogP contribution < -0.4 is 11.1 Å². The molecule has 4 nitrogen and oxygen atoms in total. The molecule has 1 unspecified atom stereocenters. The number of nitrogens with one attached hydrogen (secondary N) is 1. The third kappa shape index (κ3) is 4.35. The van der Waals surface area contributed by atoms with Crippen molar-refractivity contribution in [3.8, 4) is 0 Å². The van der Waals surface area contributed by atoms with Crippen LogP contribution in [0.15, 0.2) is 54.2 Å². The Kier molecular flexibility index (Phi) is 6.20. The zero-order valence-corrected chi connectivity index (χ0v) is 16.9. The molecule has 0 bridgehead atoms. The van der Waals surface area contributed by atoms with Crippen LogP contribution in [-0.4, -0.2) is 35.6 Å². The number of benzene rings is 1. The summed E-state index contributed by atoms with van der Waals surface area (Å²) < 4.78 is 0. The van der Waals surface area contributed by atoms with E-state index in [1.54, 1.807) is 0 Å². The van der Waals surface area contributed by atoms with E-state index in [9.17, 15) is 0 Å². The third-order valence-electron chi connectivity index (χ3n) is 6.15. The number of hydrogen-bond donors (Lipinski definition) is 2. The van der Waals surface area contributed by atoms with Crippen LogP contribution in [0.1, 0.15) is 48.2 Å². The number of nitrogens with two attached hydrogens (primary N) is 1. The van der Waals surface area contributed by atoms with Crippen LogP contribution >= 0.6 is 0 Å². The number of aryl methyl sites for hydroxylation is 1. The van der Waals surface area contributed by atoms with Crippen LogP contribution in [0.2, 0.25) is 0 Å².